The molecule has 0 aliphatic carbocycles. The molecule has 0 amide bonds. The molecule has 0 N–H and O–H groups in total. The topological polar surface area (TPSA) is 80.4 Å². The largest absolute Gasteiger partial charge is 0.377 e. The third-order valence-electron chi connectivity index (χ3n) is 3.37. The van der Waals surface area contributed by atoms with Gasteiger partial charge in [0.25, 0.3) is 0 Å². The SMILES string of the molecule is CC(OCCOCCOCCOC(C)OCC1CO1)OCC1CO1. The molecule has 0 spiro atoms. The van der Waals surface area contributed by atoms with Crippen LogP contribution in [0.15, 0.2) is 0 Å². The van der Waals surface area contributed by atoms with E-state index in [0.29, 0.717) is 52.9 Å². The van der Waals surface area contributed by atoms with Crippen molar-refractivity contribution in [3.63, 3.8) is 0 Å². The Morgan fingerprint density at radius 1 is 0.667 bits per heavy atom. The van der Waals surface area contributed by atoms with E-state index < -0.39 is 0 Å². The molecule has 2 saturated heterocycles. The minimum atomic E-state index is -0.234. The number of hydrogen-bond acceptors (Lipinski definition) is 8. The lowest BCUT2D eigenvalue weighted by Crippen LogP contribution is -2.20. The molecule has 2 heterocycles. The molecule has 8 heteroatoms. The Kier molecular flexibility index (Phi) is 10.1. The van der Waals surface area contributed by atoms with Crippen LogP contribution < -0.4 is 0 Å². The van der Waals surface area contributed by atoms with Gasteiger partial charge in [0.05, 0.1) is 66.1 Å². The Morgan fingerprint density at radius 3 is 1.42 bits per heavy atom. The fourth-order valence-electron chi connectivity index (χ4n) is 1.78. The maximum absolute atomic E-state index is 5.45. The van der Waals surface area contributed by atoms with Crippen LogP contribution in [0.25, 0.3) is 0 Å². The van der Waals surface area contributed by atoms with E-state index >= 15 is 0 Å². The van der Waals surface area contributed by atoms with Crippen molar-refractivity contribution in [3.05, 3.63) is 0 Å². The molecule has 2 aliphatic heterocycles. The van der Waals surface area contributed by atoms with Gasteiger partial charge in [-0.3, -0.25) is 0 Å². The van der Waals surface area contributed by atoms with Crippen molar-refractivity contribution >= 4 is 0 Å². The molecule has 8 nitrogen and oxygen atoms in total. The summed E-state index contributed by atoms with van der Waals surface area (Å²) in [6.07, 6.45) is 0.0501. The average molecular weight is 350 g/mol. The fourth-order valence-corrected chi connectivity index (χ4v) is 1.78. The normalized spacial score (nSPS) is 24.8. The molecule has 2 aliphatic rings. The second-order valence-electron chi connectivity index (χ2n) is 5.68. The van der Waals surface area contributed by atoms with Gasteiger partial charge in [0, 0.05) is 0 Å². The molecule has 0 radical (unpaired) electrons. The number of epoxide rings is 2. The summed E-state index contributed by atoms with van der Waals surface area (Å²) in [5.74, 6) is 0. The highest BCUT2D eigenvalue weighted by Gasteiger charge is 2.24. The van der Waals surface area contributed by atoms with E-state index in [1.807, 2.05) is 13.8 Å². The summed E-state index contributed by atoms with van der Waals surface area (Å²) in [4.78, 5) is 0. The third-order valence-corrected chi connectivity index (χ3v) is 3.37. The van der Waals surface area contributed by atoms with E-state index in [4.69, 9.17) is 37.9 Å². The smallest absolute Gasteiger partial charge is 0.155 e. The van der Waals surface area contributed by atoms with E-state index in [-0.39, 0.29) is 24.8 Å². The summed E-state index contributed by atoms with van der Waals surface area (Å²) >= 11 is 0. The van der Waals surface area contributed by atoms with Gasteiger partial charge in [-0.1, -0.05) is 0 Å². The molecule has 24 heavy (non-hydrogen) atoms. The second kappa shape index (κ2) is 12.1. The van der Waals surface area contributed by atoms with Crippen molar-refractivity contribution in [1.82, 2.24) is 0 Å². The molecule has 2 rings (SSSR count). The minimum Gasteiger partial charge on any atom is -0.377 e. The maximum Gasteiger partial charge on any atom is 0.155 e. The predicted octanol–water partition coefficient (Wildman–Crippen LogP) is 0.576. The molecule has 0 saturated carbocycles. The molecule has 142 valence electrons. The standard InChI is InChI=1S/C16H30O8/c1-13(21-9-15-11-23-15)19-7-5-17-3-4-18-6-8-20-14(2)22-10-16-12-24-16/h13-16H,3-12H2,1-2H3. The molecule has 4 atom stereocenters. The van der Waals surface area contributed by atoms with Crippen molar-refractivity contribution in [3.8, 4) is 0 Å². The number of hydrogen-bond donors (Lipinski definition) is 0. The average Bonchev–Trinajstić information content (AvgIpc) is 3.47. The van der Waals surface area contributed by atoms with Crippen LogP contribution in [0.4, 0.5) is 0 Å². The van der Waals surface area contributed by atoms with Gasteiger partial charge in [-0.25, -0.2) is 0 Å². The highest BCUT2D eigenvalue weighted by atomic mass is 16.7. The quantitative estimate of drug-likeness (QED) is 0.214. The second-order valence-corrected chi connectivity index (χ2v) is 5.68. The molecule has 0 aromatic rings. The first kappa shape index (κ1) is 20.0. The van der Waals surface area contributed by atoms with Crippen molar-refractivity contribution in [2.24, 2.45) is 0 Å². The van der Waals surface area contributed by atoms with Gasteiger partial charge in [-0.15, -0.1) is 0 Å². The van der Waals surface area contributed by atoms with E-state index in [9.17, 15) is 0 Å². The van der Waals surface area contributed by atoms with Crippen LogP contribution in [0.3, 0.4) is 0 Å². The first-order valence-corrected chi connectivity index (χ1v) is 8.59. The predicted molar refractivity (Wildman–Crippen MR) is 83.9 cm³/mol. The zero-order valence-electron chi connectivity index (χ0n) is 14.6. The van der Waals surface area contributed by atoms with Crippen LogP contribution in [0, 0.1) is 0 Å². The van der Waals surface area contributed by atoms with E-state index in [1.54, 1.807) is 0 Å². The van der Waals surface area contributed by atoms with Gasteiger partial charge >= 0.3 is 0 Å². The monoisotopic (exact) mass is 350 g/mol. The summed E-state index contributed by atoms with van der Waals surface area (Å²) < 4.78 is 42.7. The van der Waals surface area contributed by atoms with Gasteiger partial charge in [0.1, 0.15) is 12.2 Å². The first-order chi connectivity index (χ1) is 11.7. The van der Waals surface area contributed by atoms with Gasteiger partial charge in [0.2, 0.25) is 0 Å². The molecule has 4 unspecified atom stereocenters. The minimum absolute atomic E-state index is 0.234. The molecular formula is C16H30O8. The number of ether oxygens (including phenoxy) is 8. The van der Waals surface area contributed by atoms with Crippen LogP contribution in [0.5, 0.6) is 0 Å². The number of rotatable bonds is 17. The summed E-state index contributed by atoms with van der Waals surface area (Å²) in [6, 6.07) is 0. The summed E-state index contributed by atoms with van der Waals surface area (Å²) in [5, 5.41) is 0. The lowest BCUT2D eigenvalue weighted by atomic mass is 10.5. The lowest BCUT2D eigenvalue weighted by molar-refractivity contribution is -0.146. The van der Waals surface area contributed by atoms with Gasteiger partial charge < -0.3 is 37.9 Å². The van der Waals surface area contributed by atoms with Crippen molar-refractivity contribution < 1.29 is 37.9 Å². The summed E-state index contributed by atoms with van der Waals surface area (Å²) in [5.41, 5.74) is 0. The summed E-state index contributed by atoms with van der Waals surface area (Å²) in [6.45, 7) is 9.59. The Labute approximate surface area is 143 Å². The highest BCUT2D eigenvalue weighted by molar-refractivity contribution is 4.67. The van der Waals surface area contributed by atoms with E-state index in [0.717, 1.165) is 13.2 Å². The van der Waals surface area contributed by atoms with Crippen LogP contribution in [0.2, 0.25) is 0 Å². The van der Waals surface area contributed by atoms with E-state index in [2.05, 4.69) is 0 Å². The van der Waals surface area contributed by atoms with Crippen LogP contribution >= 0.6 is 0 Å². The van der Waals surface area contributed by atoms with Crippen molar-refractivity contribution in [1.29, 1.82) is 0 Å². The molecule has 0 aromatic carbocycles. The summed E-state index contributed by atoms with van der Waals surface area (Å²) in [7, 11) is 0. The van der Waals surface area contributed by atoms with Crippen LogP contribution in [-0.2, 0) is 37.9 Å². The Morgan fingerprint density at radius 2 is 1.04 bits per heavy atom. The highest BCUT2D eigenvalue weighted by Crippen LogP contribution is 2.10. The van der Waals surface area contributed by atoms with Crippen molar-refractivity contribution in [2.75, 3.05) is 66.1 Å². The van der Waals surface area contributed by atoms with Gasteiger partial charge in [-0.05, 0) is 13.8 Å². The fraction of sp³-hybridized carbons (Fsp3) is 1.00. The van der Waals surface area contributed by atoms with Crippen LogP contribution in [0.1, 0.15) is 13.8 Å². The zero-order valence-corrected chi connectivity index (χ0v) is 14.6. The van der Waals surface area contributed by atoms with Gasteiger partial charge in [-0.2, -0.15) is 0 Å². The molecule has 0 aromatic heterocycles. The first-order valence-electron chi connectivity index (χ1n) is 8.59. The lowest BCUT2D eigenvalue weighted by Gasteiger charge is -2.14. The molecule has 0 bridgehead atoms. The van der Waals surface area contributed by atoms with Crippen molar-refractivity contribution in [2.45, 2.75) is 38.6 Å². The van der Waals surface area contributed by atoms with Crippen LogP contribution in [-0.4, -0.2) is 90.9 Å². The maximum atomic E-state index is 5.45. The Bertz CT molecular complexity index is 278. The molecular weight excluding hydrogens is 320 g/mol. The molecule has 2 fully saturated rings. The Balaban J connectivity index is 1.24. The third kappa shape index (κ3) is 11.3. The van der Waals surface area contributed by atoms with E-state index in [1.165, 1.54) is 0 Å². The Hall–Kier alpha value is -0.320. The zero-order chi connectivity index (χ0) is 17.0. The van der Waals surface area contributed by atoms with Gasteiger partial charge in [0.15, 0.2) is 12.6 Å².